The third kappa shape index (κ3) is 6.41. The molecule has 1 aliphatic rings. The number of rotatable bonds is 2. The molecular formula is C7H16NO5S-. The van der Waals surface area contributed by atoms with E-state index in [0.717, 1.165) is 13.2 Å². The van der Waals surface area contributed by atoms with Gasteiger partial charge in [0.2, 0.25) is 0 Å². The van der Waals surface area contributed by atoms with E-state index in [9.17, 15) is 0 Å². The Morgan fingerprint density at radius 1 is 1.50 bits per heavy atom. The Labute approximate surface area is 86.4 Å². The van der Waals surface area contributed by atoms with Crippen molar-refractivity contribution >= 4 is 11.4 Å². The van der Waals surface area contributed by atoms with E-state index >= 15 is 0 Å². The molecule has 0 saturated carbocycles. The van der Waals surface area contributed by atoms with Crippen LogP contribution in [0.1, 0.15) is 6.92 Å². The summed E-state index contributed by atoms with van der Waals surface area (Å²) < 4.78 is 26.5. The minimum atomic E-state index is -2.88. The summed E-state index contributed by atoms with van der Waals surface area (Å²) in [7, 11) is 2.29. The third-order valence-corrected chi connectivity index (χ3v) is 2.48. The van der Waals surface area contributed by atoms with Gasteiger partial charge in [0, 0.05) is 0 Å². The average Bonchev–Trinajstić information content (AvgIpc) is 2.20. The summed E-state index contributed by atoms with van der Waals surface area (Å²) in [5.74, 6) is 0. The van der Waals surface area contributed by atoms with Gasteiger partial charge in [-0.2, -0.15) is 0 Å². The zero-order valence-electron chi connectivity index (χ0n) is 8.43. The third-order valence-electron chi connectivity index (χ3n) is 2.37. The maximum Gasteiger partial charge on any atom is 0.102 e. The van der Waals surface area contributed by atoms with E-state index in [-0.39, 0.29) is 0 Å². The van der Waals surface area contributed by atoms with Crippen molar-refractivity contribution in [3.63, 3.8) is 0 Å². The number of ether oxygens (including phenoxy) is 1. The first-order chi connectivity index (χ1) is 6.54. The predicted molar refractivity (Wildman–Crippen MR) is 47.3 cm³/mol. The lowest BCUT2D eigenvalue weighted by Gasteiger charge is -2.36. The smallest absolute Gasteiger partial charge is 0.102 e. The van der Waals surface area contributed by atoms with Gasteiger partial charge in [-0.05, 0) is 6.92 Å². The van der Waals surface area contributed by atoms with Gasteiger partial charge in [-0.1, -0.05) is 0 Å². The molecule has 1 aliphatic heterocycles. The molecular weight excluding hydrogens is 210 g/mol. The van der Waals surface area contributed by atoms with Crippen LogP contribution in [0.5, 0.6) is 0 Å². The second kappa shape index (κ2) is 7.27. The number of hydrogen-bond acceptors (Lipinski definition) is 5. The van der Waals surface area contributed by atoms with E-state index in [1.165, 1.54) is 24.1 Å². The lowest BCUT2D eigenvalue weighted by atomic mass is 10.3. The molecule has 6 nitrogen and oxygen atoms in total. The molecule has 0 aromatic heterocycles. The molecule has 0 aromatic carbocycles. The molecule has 0 spiro atoms. The van der Waals surface area contributed by atoms with Gasteiger partial charge in [-0.15, -0.1) is 0 Å². The Morgan fingerprint density at radius 3 is 2.14 bits per heavy atom. The number of morpholine rings is 1. The first-order valence-electron chi connectivity index (χ1n) is 4.35. The molecule has 0 bridgehead atoms. The normalized spacial score (nSPS) is 22.0. The summed E-state index contributed by atoms with van der Waals surface area (Å²) in [5.41, 5.74) is 0. The van der Waals surface area contributed by atoms with Gasteiger partial charge in [0.1, 0.15) is 13.1 Å². The van der Waals surface area contributed by atoms with Crippen molar-refractivity contribution in [2.45, 2.75) is 6.92 Å². The monoisotopic (exact) mass is 226 g/mol. The van der Waals surface area contributed by atoms with Gasteiger partial charge in [0.25, 0.3) is 0 Å². The van der Waals surface area contributed by atoms with E-state index in [1.54, 1.807) is 0 Å². The Morgan fingerprint density at radius 2 is 1.93 bits per heavy atom. The zero-order valence-corrected chi connectivity index (χ0v) is 9.25. The molecule has 1 fully saturated rings. The van der Waals surface area contributed by atoms with E-state index in [0.29, 0.717) is 0 Å². The van der Waals surface area contributed by atoms with Crippen LogP contribution < -0.4 is 5.26 Å². The summed E-state index contributed by atoms with van der Waals surface area (Å²) in [6.45, 7) is 7.76. The molecule has 1 heterocycles. The standard InChI is InChI=1S/C7H16NO.H2O4S/c1-3-8(2)4-6-9-7-5-8;1-4-5(2)3/h3-7H2,1-2H3;1H,(H,2,3)/q+1;/p-2. The van der Waals surface area contributed by atoms with Gasteiger partial charge in [-0.25, -0.2) is 4.21 Å². The second-order valence-electron chi connectivity index (χ2n) is 3.27. The van der Waals surface area contributed by atoms with Crippen LogP contribution in [-0.2, 0) is 20.4 Å². The van der Waals surface area contributed by atoms with Gasteiger partial charge in [-0.3, -0.25) is 0 Å². The maximum absolute atomic E-state index is 8.83. The van der Waals surface area contributed by atoms with Gasteiger partial charge in [0.15, 0.2) is 0 Å². The average molecular weight is 226 g/mol. The molecule has 1 atom stereocenters. The predicted octanol–water partition coefficient (Wildman–Crippen LogP) is -1.44. The quantitative estimate of drug-likeness (QED) is 0.249. The summed E-state index contributed by atoms with van der Waals surface area (Å²) in [6, 6.07) is 0. The van der Waals surface area contributed by atoms with Gasteiger partial charge in [0.05, 0.1) is 38.2 Å². The molecule has 7 heteroatoms. The first-order valence-corrected chi connectivity index (χ1v) is 5.35. The van der Waals surface area contributed by atoms with Crippen LogP contribution >= 0.6 is 0 Å². The van der Waals surface area contributed by atoms with Gasteiger partial charge >= 0.3 is 0 Å². The van der Waals surface area contributed by atoms with E-state index < -0.39 is 11.4 Å². The fourth-order valence-corrected chi connectivity index (χ4v) is 1.10. The minimum Gasteiger partial charge on any atom is -0.750 e. The number of quaternary nitrogens is 1. The number of hydrogen-bond donors (Lipinski definition) is 0. The van der Waals surface area contributed by atoms with Crippen LogP contribution in [0.15, 0.2) is 0 Å². The van der Waals surface area contributed by atoms with Crippen molar-refractivity contribution in [3.8, 4) is 0 Å². The van der Waals surface area contributed by atoms with Crippen LogP contribution in [0.25, 0.3) is 0 Å². The molecule has 0 aromatic rings. The van der Waals surface area contributed by atoms with E-state index in [1.807, 2.05) is 0 Å². The molecule has 1 rings (SSSR count). The van der Waals surface area contributed by atoms with Crippen LogP contribution in [0.3, 0.4) is 0 Å². The van der Waals surface area contributed by atoms with Crippen molar-refractivity contribution < 1.29 is 27.6 Å². The zero-order chi connectivity index (χ0) is 11.0. The van der Waals surface area contributed by atoms with E-state index in [2.05, 4.69) is 18.3 Å². The lowest BCUT2D eigenvalue weighted by molar-refractivity contribution is -0.915. The molecule has 0 radical (unpaired) electrons. The molecule has 0 N–H and O–H groups in total. The highest BCUT2D eigenvalue weighted by Crippen LogP contribution is 2.05. The van der Waals surface area contributed by atoms with Crippen LogP contribution in [0.2, 0.25) is 0 Å². The first kappa shape index (κ1) is 13.9. The van der Waals surface area contributed by atoms with Crippen LogP contribution in [0, 0.1) is 0 Å². The molecule has 0 amide bonds. The van der Waals surface area contributed by atoms with Crippen LogP contribution in [0.4, 0.5) is 0 Å². The topological polar surface area (TPSA) is 81.7 Å². The highest BCUT2D eigenvalue weighted by atomic mass is 32.2. The van der Waals surface area contributed by atoms with Crippen molar-refractivity contribution in [2.75, 3.05) is 39.9 Å². The maximum atomic E-state index is 8.83. The van der Waals surface area contributed by atoms with E-state index in [4.69, 9.17) is 18.8 Å². The second-order valence-corrected chi connectivity index (χ2v) is 3.81. The Hall–Kier alpha value is -0.0500. The highest BCUT2D eigenvalue weighted by Gasteiger charge is 2.21. The highest BCUT2D eigenvalue weighted by molar-refractivity contribution is 7.73. The Kier molecular flexibility index (Phi) is 7.24. The van der Waals surface area contributed by atoms with Crippen molar-refractivity contribution in [3.05, 3.63) is 0 Å². The fourth-order valence-electron chi connectivity index (χ4n) is 1.10. The molecule has 86 valence electrons. The molecule has 0 aliphatic carbocycles. The SMILES string of the molecule is CC[N+]1(C)CCOCC1.O=S([O-])O[O-]. The lowest BCUT2D eigenvalue weighted by Crippen LogP contribution is -2.51. The number of nitrogens with zero attached hydrogens (tertiary/aromatic N) is 1. The van der Waals surface area contributed by atoms with Crippen molar-refractivity contribution in [1.29, 1.82) is 0 Å². The minimum absolute atomic E-state index is 0.949. The molecule has 14 heavy (non-hydrogen) atoms. The van der Waals surface area contributed by atoms with Crippen molar-refractivity contribution in [1.82, 2.24) is 0 Å². The summed E-state index contributed by atoms with van der Waals surface area (Å²) in [5, 5.41) is 8.52. The van der Waals surface area contributed by atoms with Gasteiger partial charge < -0.3 is 23.4 Å². The largest absolute Gasteiger partial charge is 0.750 e. The summed E-state index contributed by atoms with van der Waals surface area (Å²) in [4.78, 5) is 0. The van der Waals surface area contributed by atoms with Crippen LogP contribution in [-0.4, -0.2) is 53.1 Å². The Balaban J connectivity index is 0.000000292. The van der Waals surface area contributed by atoms with Crippen molar-refractivity contribution in [2.24, 2.45) is 0 Å². The molecule has 1 unspecified atom stereocenters. The number of likely N-dealkylation sites (N-methyl/N-ethyl adjacent to an activating group) is 1. The summed E-state index contributed by atoms with van der Waals surface area (Å²) >= 11 is -2.88. The summed E-state index contributed by atoms with van der Waals surface area (Å²) in [6.07, 6.45) is 0. The fraction of sp³-hybridized carbons (Fsp3) is 1.00. The Bertz CT molecular complexity index is 171. The molecule has 1 saturated heterocycles.